The molecule has 0 aromatic heterocycles. The molecule has 7 nitrogen and oxygen atoms in total. The summed E-state index contributed by atoms with van der Waals surface area (Å²) in [6.07, 6.45) is 0. The molecule has 7 heteroatoms. The van der Waals surface area contributed by atoms with E-state index >= 15 is 0 Å². The van der Waals surface area contributed by atoms with Crippen LogP contribution in [-0.4, -0.2) is 42.3 Å². The minimum Gasteiger partial charge on any atom is -0.370 e. The van der Waals surface area contributed by atoms with Gasteiger partial charge in [0.15, 0.2) is 5.78 Å². The highest BCUT2D eigenvalue weighted by Crippen LogP contribution is 2.13. The van der Waals surface area contributed by atoms with Crippen molar-refractivity contribution in [3.63, 3.8) is 0 Å². The van der Waals surface area contributed by atoms with Crippen LogP contribution < -0.4 is 11.5 Å². The predicted molar refractivity (Wildman–Crippen MR) is 106 cm³/mol. The number of ether oxygens (including phenoxy) is 1. The van der Waals surface area contributed by atoms with Crippen LogP contribution in [0.4, 0.5) is 0 Å². The van der Waals surface area contributed by atoms with Crippen LogP contribution in [0.15, 0.2) is 48.5 Å². The molecule has 0 spiro atoms. The summed E-state index contributed by atoms with van der Waals surface area (Å²) >= 11 is 0. The fraction of sp³-hybridized carbons (Fsp3) is 0.286. The Morgan fingerprint density at radius 1 is 0.929 bits per heavy atom. The highest BCUT2D eigenvalue weighted by Gasteiger charge is 2.11. The van der Waals surface area contributed by atoms with Crippen LogP contribution in [0.1, 0.15) is 38.8 Å². The van der Waals surface area contributed by atoms with Gasteiger partial charge in [-0.15, -0.1) is 0 Å². The van der Waals surface area contributed by atoms with E-state index in [2.05, 4.69) is 4.90 Å². The van der Waals surface area contributed by atoms with E-state index in [1.807, 2.05) is 24.3 Å². The number of rotatable bonds is 11. The third kappa shape index (κ3) is 6.94. The molecule has 0 radical (unpaired) electrons. The van der Waals surface area contributed by atoms with Crippen LogP contribution in [0, 0.1) is 0 Å². The van der Waals surface area contributed by atoms with Gasteiger partial charge in [-0.05, 0) is 36.2 Å². The second-order valence-corrected chi connectivity index (χ2v) is 6.55. The van der Waals surface area contributed by atoms with Crippen LogP contribution in [0.2, 0.25) is 0 Å². The number of Topliss-reactive ketones (excluding diaryl/α,β-unsaturated/α-hetero) is 1. The number of carbonyl (C=O) groups excluding carboxylic acids is 3. The van der Waals surface area contributed by atoms with Crippen LogP contribution in [0.25, 0.3) is 0 Å². The van der Waals surface area contributed by atoms with Gasteiger partial charge in [-0.25, -0.2) is 0 Å². The summed E-state index contributed by atoms with van der Waals surface area (Å²) in [5, 5.41) is 0. The molecular weight excluding hydrogens is 358 g/mol. The summed E-state index contributed by atoms with van der Waals surface area (Å²) in [5.74, 6) is -0.991. The maximum Gasteiger partial charge on any atom is 0.248 e. The van der Waals surface area contributed by atoms with Crippen LogP contribution >= 0.6 is 0 Å². The number of amides is 2. The van der Waals surface area contributed by atoms with Gasteiger partial charge in [0.25, 0.3) is 0 Å². The summed E-state index contributed by atoms with van der Waals surface area (Å²) in [5.41, 5.74) is 13.5. The van der Waals surface area contributed by atoms with Crippen LogP contribution in [0.3, 0.4) is 0 Å². The first-order chi connectivity index (χ1) is 13.3. The van der Waals surface area contributed by atoms with Gasteiger partial charge in [0, 0.05) is 30.8 Å². The van der Waals surface area contributed by atoms with E-state index in [0.717, 1.165) is 11.1 Å². The number of nitrogens with two attached hydrogens (primary N) is 2. The molecule has 0 fully saturated rings. The van der Waals surface area contributed by atoms with Crippen molar-refractivity contribution in [1.29, 1.82) is 0 Å². The first-order valence-electron chi connectivity index (χ1n) is 8.92. The first kappa shape index (κ1) is 21.3. The smallest absolute Gasteiger partial charge is 0.248 e. The minimum atomic E-state index is -0.519. The summed E-state index contributed by atoms with van der Waals surface area (Å²) in [6.45, 7) is 3.38. The quantitative estimate of drug-likeness (QED) is 0.450. The van der Waals surface area contributed by atoms with Crippen molar-refractivity contribution in [2.24, 2.45) is 11.5 Å². The van der Waals surface area contributed by atoms with E-state index in [9.17, 15) is 14.4 Å². The molecule has 0 heterocycles. The van der Waals surface area contributed by atoms with Gasteiger partial charge in [-0.2, -0.15) is 0 Å². The molecule has 28 heavy (non-hydrogen) atoms. The highest BCUT2D eigenvalue weighted by molar-refractivity contribution is 5.94. The first-order valence-corrected chi connectivity index (χ1v) is 8.92. The van der Waals surface area contributed by atoms with Gasteiger partial charge in [-0.1, -0.05) is 30.3 Å². The van der Waals surface area contributed by atoms with E-state index in [-0.39, 0.29) is 12.4 Å². The molecular formula is C21H25N3O4. The number of ketones is 1. The molecule has 0 aliphatic carbocycles. The minimum absolute atomic E-state index is 0.00681. The molecule has 2 rings (SSSR count). The maximum absolute atomic E-state index is 11.6. The molecule has 0 saturated carbocycles. The highest BCUT2D eigenvalue weighted by atomic mass is 16.5. The Hall–Kier alpha value is -3.03. The average Bonchev–Trinajstić information content (AvgIpc) is 2.65. The Bertz CT molecular complexity index is 792. The zero-order valence-corrected chi connectivity index (χ0v) is 15.9. The summed E-state index contributed by atoms with van der Waals surface area (Å²) in [6, 6.07) is 14.6. The summed E-state index contributed by atoms with van der Waals surface area (Å²) < 4.78 is 5.28. The maximum atomic E-state index is 11.6. The standard InChI is InChI=1S/C21H25N3O4/c1-15(25)18-6-2-4-16(10-18)12-24(8-9-28-14-20(22)26)13-17-5-3-7-19(11-17)21(23)27/h2-7,10-11H,8-9,12-14H2,1H3,(H2,22,26)(H2,23,27). The van der Waals surface area contributed by atoms with Crippen molar-refractivity contribution >= 4 is 17.6 Å². The molecule has 0 bridgehead atoms. The molecule has 0 atom stereocenters. The van der Waals surface area contributed by atoms with Gasteiger partial charge < -0.3 is 16.2 Å². The molecule has 0 aliphatic heterocycles. The number of nitrogens with zero attached hydrogens (tertiary/aromatic N) is 1. The summed E-state index contributed by atoms with van der Waals surface area (Å²) in [7, 11) is 0. The molecule has 0 aliphatic rings. The predicted octanol–water partition coefficient (Wildman–Crippen LogP) is 1.49. The fourth-order valence-corrected chi connectivity index (χ4v) is 2.81. The van der Waals surface area contributed by atoms with E-state index in [1.165, 1.54) is 6.92 Å². The Labute approximate surface area is 164 Å². The van der Waals surface area contributed by atoms with Crippen molar-refractivity contribution in [1.82, 2.24) is 4.90 Å². The van der Waals surface area contributed by atoms with Gasteiger partial charge in [0.1, 0.15) is 6.61 Å². The van der Waals surface area contributed by atoms with Crippen molar-refractivity contribution in [2.75, 3.05) is 19.8 Å². The van der Waals surface area contributed by atoms with Crippen molar-refractivity contribution in [3.8, 4) is 0 Å². The van der Waals surface area contributed by atoms with E-state index in [0.29, 0.717) is 37.4 Å². The topological polar surface area (TPSA) is 116 Å². The fourth-order valence-electron chi connectivity index (χ4n) is 2.81. The average molecular weight is 383 g/mol. The van der Waals surface area contributed by atoms with Crippen molar-refractivity contribution < 1.29 is 19.1 Å². The van der Waals surface area contributed by atoms with Gasteiger partial charge in [-0.3, -0.25) is 19.3 Å². The molecule has 2 amide bonds. The lowest BCUT2D eigenvalue weighted by atomic mass is 10.1. The lowest BCUT2D eigenvalue weighted by Gasteiger charge is -2.23. The van der Waals surface area contributed by atoms with Crippen molar-refractivity contribution in [3.05, 3.63) is 70.8 Å². The molecule has 148 valence electrons. The number of hydrogen-bond acceptors (Lipinski definition) is 5. The van der Waals surface area contributed by atoms with Crippen LogP contribution in [-0.2, 0) is 22.6 Å². The number of benzene rings is 2. The number of carbonyl (C=O) groups is 3. The Kier molecular flexibility index (Phi) is 7.86. The van der Waals surface area contributed by atoms with E-state index in [4.69, 9.17) is 16.2 Å². The largest absolute Gasteiger partial charge is 0.370 e. The lowest BCUT2D eigenvalue weighted by molar-refractivity contribution is -0.122. The Balaban J connectivity index is 2.13. The molecule has 2 aromatic carbocycles. The monoisotopic (exact) mass is 383 g/mol. The van der Waals surface area contributed by atoms with Gasteiger partial charge in [0.2, 0.25) is 11.8 Å². The molecule has 4 N–H and O–H groups in total. The number of primary amides is 2. The van der Waals surface area contributed by atoms with Gasteiger partial charge >= 0.3 is 0 Å². The second-order valence-electron chi connectivity index (χ2n) is 6.55. The zero-order chi connectivity index (χ0) is 20.5. The Morgan fingerprint density at radius 2 is 1.50 bits per heavy atom. The summed E-state index contributed by atoms with van der Waals surface area (Å²) in [4.78, 5) is 36.0. The lowest BCUT2D eigenvalue weighted by Crippen LogP contribution is -2.28. The normalized spacial score (nSPS) is 10.8. The zero-order valence-electron chi connectivity index (χ0n) is 15.9. The second kappa shape index (κ2) is 10.3. The third-order valence-electron chi connectivity index (χ3n) is 4.15. The molecule has 0 saturated heterocycles. The Morgan fingerprint density at radius 3 is 2.04 bits per heavy atom. The van der Waals surface area contributed by atoms with E-state index < -0.39 is 11.8 Å². The van der Waals surface area contributed by atoms with Gasteiger partial charge in [0.05, 0.1) is 6.61 Å². The van der Waals surface area contributed by atoms with E-state index in [1.54, 1.807) is 24.3 Å². The molecule has 0 unspecified atom stereocenters. The molecule has 2 aromatic rings. The number of hydrogen-bond donors (Lipinski definition) is 2. The SMILES string of the molecule is CC(=O)c1cccc(CN(CCOCC(N)=O)Cc2cccc(C(N)=O)c2)c1. The van der Waals surface area contributed by atoms with Crippen LogP contribution in [0.5, 0.6) is 0 Å². The third-order valence-corrected chi connectivity index (χ3v) is 4.15. The van der Waals surface area contributed by atoms with Crippen molar-refractivity contribution in [2.45, 2.75) is 20.0 Å².